The summed E-state index contributed by atoms with van der Waals surface area (Å²) in [5.74, 6) is 0.448. The highest BCUT2D eigenvalue weighted by Crippen LogP contribution is 2.43. The van der Waals surface area contributed by atoms with Crippen molar-refractivity contribution < 1.29 is 5.21 Å². The van der Waals surface area contributed by atoms with E-state index in [1.54, 1.807) is 0 Å². The first kappa shape index (κ1) is 12.0. The van der Waals surface area contributed by atoms with Gasteiger partial charge in [0.25, 0.3) is 0 Å². The fraction of sp³-hybridized carbons (Fsp3) is 0.235. The van der Waals surface area contributed by atoms with Crippen LogP contribution in [0.1, 0.15) is 47.9 Å². The van der Waals surface area contributed by atoms with Gasteiger partial charge in [-0.15, -0.1) is 0 Å². The highest BCUT2D eigenvalue weighted by Gasteiger charge is 2.31. The average molecular weight is 251 g/mol. The first-order chi connectivity index (χ1) is 9.24. The van der Waals surface area contributed by atoms with E-state index in [1.807, 2.05) is 6.92 Å². The SMILES string of the molecule is C/C(=N/O)C1c2ccccc2C(C)c2ccccc21. The van der Waals surface area contributed by atoms with Crippen molar-refractivity contribution in [3.8, 4) is 0 Å². The van der Waals surface area contributed by atoms with Crippen LogP contribution in [-0.4, -0.2) is 10.9 Å². The van der Waals surface area contributed by atoms with Crippen LogP contribution in [0.25, 0.3) is 0 Å². The van der Waals surface area contributed by atoms with Crippen LogP contribution in [0.15, 0.2) is 53.7 Å². The van der Waals surface area contributed by atoms with Gasteiger partial charge in [0.15, 0.2) is 0 Å². The Bertz CT molecular complexity index is 598. The fourth-order valence-corrected chi connectivity index (χ4v) is 3.18. The van der Waals surface area contributed by atoms with Crippen LogP contribution in [0.2, 0.25) is 0 Å². The van der Waals surface area contributed by atoms with E-state index >= 15 is 0 Å². The zero-order valence-electron chi connectivity index (χ0n) is 11.2. The Morgan fingerprint density at radius 3 is 1.74 bits per heavy atom. The van der Waals surface area contributed by atoms with Gasteiger partial charge < -0.3 is 5.21 Å². The number of hydrogen-bond donors (Lipinski definition) is 1. The molecule has 0 radical (unpaired) electrons. The summed E-state index contributed by atoms with van der Waals surface area (Å²) < 4.78 is 0. The van der Waals surface area contributed by atoms with Crippen molar-refractivity contribution in [1.29, 1.82) is 0 Å². The summed E-state index contributed by atoms with van der Waals surface area (Å²) in [6.07, 6.45) is 0. The molecule has 2 aromatic rings. The maximum atomic E-state index is 9.19. The number of nitrogens with zero attached hydrogens (tertiary/aromatic N) is 1. The molecule has 0 fully saturated rings. The lowest BCUT2D eigenvalue weighted by atomic mass is 9.72. The summed E-state index contributed by atoms with van der Waals surface area (Å²) in [6, 6.07) is 16.9. The van der Waals surface area contributed by atoms with E-state index < -0.39 is 0 Å². The van der Waals surface area contributed by atoms with Gasteiger partial charge in [-0.3, -0.25) is 0 Å². The molecule has 1 N–H and O–H groups in total. The molecule has 0 aromatic heterocycles. The average Bonchev–Trinajstić information content (AvgIpc) is 2.47. The quantitative estimate of drug-likeness (QED) is 0.461. The minimum absolute atomic E-state index is 0.0635. The zero-order valence-corrected chi connectivity index (χ0v) is 11.2. The summed E-state index contributed by atoms with van der Waals surface area (Å²) in [7, 11) is 0. The highest BCUT2D eigenvalue weighted by molar-refractivity contribution is 5.93. The van der Waals surface area contributed by atoms with E-state index in [2.05, 4.69) is 60.6 Å². The third-order valence-electron chi connectivity index (χ3n) is 4.12. The molecule has 0 atom stereocenters. The second kappa shape index (κ2) is 4.54. The molecular weight excluding hydrogens is 234 g/mol. The molecule has 2 nitrogen and oxygen atoms in total. The van der Waals surface area contributed by atoms with Crippen molar-refractivity contribution in [2.45, 2.75) is 25.7 Å². The Kier molecular flexibility index (Phi) is 2.86. The Morgan fingerprint density at radius 2 is 1.32 bits per heavy atom. The molecule has 0 saturated heterocycles. The second-order valence-corrected chi connectivity index (χ2v) is 5.15. The summed E-state index contributed by atoms with van der Waals surface area (Å²) in [4.78, 5) is 0. The second-order valence-electron chi connectivity index (χ2n) is 5.15. The summed E-state index contributed by atoms with van der Waals surface area (Å²) in [6.45, 7) is 4.12. The Balaban J connectivity index is 2.29. The molecule has 0 heterocycles. The lowest BCUT2D eigenvalue weighted by Gasteiger charge is -2.32. The Labute approximate surface area is 113 Å². The number of benzene rings is 2. The molecular formula is C17H17NO. The minimum atomic E-state index is 0.0635. The Morgan fingerprint density at radius 1 is 0.895 bits per heavy atom. The maximum absolute atomic E-state index is 9.19. The number of rotatable bonds is 1. The first-order valence-electron chi connectivity index (χ1n) is 6.60. The molecule has 0 amide bonds. The minimum Gasteiger partial charge on any atom is -0.411 e. The van der Waals surface area contributed by atoms with Gasteiger partial charge in [-0.05, 0) is 29.2 Å². The van der Waals surface area contributed by atoms with Crippen LogP contribution in [0.5, 0.6) is 0 Å². The van der Waals surface area contributed by atoms with Gasteiger partial charge >= 0.3 is 0 Å². The molecule has 0 saturated carbocycles. The molecule has 96 valence electrons. The van der Waals surface area contributed by atoms with E-state index in [9.17, 15) is 5.21 Å². The van der Waals surface area contributed by atoms with E-state index in [1.165, 1.54) is 22.3 Å². The fourth-order valence-electron chi connectivity index (χ4n) is 3.18. The smallest absolute Gasteiger partial charge is 0.0658 e. The standard InChI is InChI=1S/C17H17NO/c1-11-13-7-3-5-9-15(13)17(12(2)18-19)16-10-6-4-8-14(11)16/h3-11,17,19H,1-2H3/b18-12-. The molecule has 1 aliphatic rings. The molecule has 0 aliphatic heterocycles. The van der Waals surface area contributed by atoms with E-state index in [4.69, 9.17) is 0 Å². The van der Waals surface area contributed by atoms with Gasteiger partial charge in [0.1, 0.15) is 0 Å². The maximum Gasteiger partial charge on any atom is 0.0658 e. The third kappa shape index (κ3) is 1.75. The van der Waals surface area contributed by atoms with Gasteiger partial charge in [0.05, 0.1) is 11.6 Å². The summed E-state index contributed by atoms with van der Waals surface area (Å²) in [5, 5.41) is 12.6. The predicted molar refractivity (Wildman–Crippen MR) is 77.1 cm³/mol. The molecule has 1 aliphatic carbocycles. The Hall–Kier alpha value is -2.09. The van der Waals surface area contributed by atoms with Gasteiger partial charge in [-0.2, -0.15) is 0 Å². The van der Waals surface area contributed by atoms with Gasteiger partial charge in [-0.1, -0.05) is 60.6 Å². The summed E-state index contributed by atoms with van der Waals surface area (Å²) >= 11 is 0. The van der Waals surface area contributed by atoms with E-state index in [-0.39, 0.29) is 5.92 Å². The van der Waals surface area contributed by atoms with E-state index in [0.29, 0.717) is 5.92 Å². The molecule has 2 heteroatoms. The highest BCUT2D eigenvalue weighted by atomic mass is 16.4. The van der Waals surface area contributed by atoms with Gasteiger partial charge in [0, 0.05) is 5.92 Å². The first-order valence-corrected chi connectivity index (χ1v) is 6.60. The summed E-state index contributed by atoms with van der Waals surface area (Å²) in [5.41, 5.74) is 5.91. The zero-order chi connectivity index (χ0) is 13.4. The van der Waals surface area contributed by atoms with E-state index in [0.717, 1.165) is 5.71 Å². The number of oxime groups is 1. The molecule has 0 spiro atoms. The van der Waals surface area contributed by atoms with Gasteiger partial charge in [0.2, 0.25) is 0 Å². The topological polar surface area (TPSA) is 32.6 Å². The lowest BCUT2D eigenvalue weighted by molar-refractivity contribution is 0.317. The molecule has 0 bridgehead atoms. The third-order valence-corrected chi connectivity index (χ3v) is 4.12. The van der Waals surface area contributed by atoms with Gasteiger partial charge in [-0.25, -0.2) is 0 Å². The molecule has 19 heavy (non-hydrogen) atoms. The number of hydrogen-bond acceptors (Lipinski definition) is 2. The van der Waals surface area contributed by atoms with Crippen molar-refractivity contribution in [1.82, 2.24) is 0 Å². The lowest BCUT2D eigenvalue weighted by Crippen LogP contribution is -2.21. The largest absolute Gasteiger partial charge is 0.411 e. The normalized spacial score (nSPS) is 21.7. The molecule has 2 aromatic carbocycles. The van der Waals surface area contributed by atoms with Crippen LogP contribution >= 0.6 is 0 Å². The van der Waals surface area contributed by atoms with Crippen molar-refractivity contribution in [2.75, 3.05) is 0 Å². The molecule has 0 unspecified atom stereocenters. The van der Waals surface area contributed by atoms with Crippen LogP contribution in [0.4, 0.5) is 0 Å². The monoisotopic (exact) mass is 251 g/mol. The van der Waals surface area contributed by atoms with Crippen molar-refractivity contribution in [3.05, 3.63) is 70.8 Å². The predicted octanol–water partition coefficient (Wildman–Crippen LogP) is 4.13. The van der Waals surface area contributed by atoms with Crippen LogP contribution in [0, 0.1) is 0 Å². The van der Waals surface area contributed by atoms with Crippen LogP contribution < -0.4 is 0 Å². The van der Waals surface area contributed by atoms with Crippen LogP contribution in [-0.2, 0) is 0 Å². The van der Waals surface area contributed by atoms with Crippen LogP contribution in [0.3, 0.4) is 0 Å². The number of fused-ring (bicyclic) bond motifs is 2. The molecule has 3 rings (SSSR count). The van der Waals surface area contributed by atoms with Crippen molar-refractivity contribution in [2.24, 2.45) is 5.16 Å². The van der Waals surface area contributed by atoms with Crippen molar-refractivity contribution in [3.63, 3.8) is 0 Å². The van der Waals surface area contributed by atoms with Crippen molar-refractivity contribution >= 4 is 5.71 Å².